The molecule has 1 atom stereocenters. The summed E-state index contributed by atoms with van der Waals surface area (Å²) in [6, 6.07) is 6.02. The molecule has 0 saturated carbocycles. The minimum Gasteiger partial charge on any atom is -0.454 e. The van der Waals surface area contributed by atoms with Gasteiger partial charge in [-0.1, -0.05) is 6.07 Å². The van der Waals surface area contributed by atoms with Gasteiger partial charge in [-0.25, -0.2) is 4.79 Å². The third-order valence-electron chi connectivity index (χ3n) is 4.70. The molecule has 0 bridgehead atoms. The first-order valence-electron chi connectivity index (χ1n) is 9.20. The van der Waals surface area contributed by atoms with Crippen molar-refractivity contribution in [3.63, 3.8) is 0 Å². The number of hydrogen-bond donors (Lipinski definition) is 2. The van der Waals surface area contributed by atoms with Gasteiger partial charge in [0.25, 0.3) is 0 Å². The molecule has 1 saturated heterocycles. The fourth-order valence-electron chi connectivity index (χ4n) is 3.29. The highest BCUT2D eigenvalue weighted by molar-refractivity contribution is 5.74. The number of piperazine rings is 1. The van der Waals surface area contributed by atoms with E-state index in [1.54, 1.807) is 0 Å². The van der Waals surface area contributed by atoms with Gasteiger partial charge in [0.2, 0.25) is 6.79 Å². The number of benzene rings is 1. The number of carbonyl (C=O) groups excluding carboxylic acids is 1. The number of carbonyl (C=O) groups is 1. The lowest BCUT2D eigenvalue weighted by Crippen LogP contribution is -2.51. The summed E-state index contributed by atoms with van der Waals surface area (Å²) in [6.07, 6.45) is 0. The molecule has 1 fully saturated rings. The summed E-state index contributed by atoms with van der Waals surface area (Å²) in [5, 5.41) is 5.99. The number of likely N-dealkylation sites (N-methyl/N-ethyl adjacent to an activating group) is 1. The fourth-order valence-corrected chi connectivity index (χ4v) is 3.29. The van der Waals surface area contributed by atoms with Crippen LogP contribution < -0.4 is 20.1 Å². The van der Waals surface area contributed by atoms with Crippen molar-refractivity contribution in [2.75, 3.05) is 46.6 Å². The predicted molar refractivity (Wildman–Crippen MR) is 101 cm³/mol. The van der Waals surface area contributed by atoms with E-state index >= 15 is 0 Å². The lowest BCUT2D eigenvalue weighted by molar-refractivity contribution is 0.110. The minimum absolute atomic E-state index is 0.101. The first kappa shape index (κ1) is 18.8. The second-order valence-corrected chi connectivity index (χ2v) is 8.05. The van der Waals surface area contributed by atoms with Gasteiger partial charge in [0, 0.05) is 38.3 Å². The van der Waals surface area contributed by atoms with Gasteiger partial charge in [0.1, 0.15) is 0 Å². The van der Waals surface area contributed by atoms with Crippen LogP contribution in [0.3, 0.4) is 0 Å². The van der Waals surface area contributed by atoms with Crippen LogP contribution in [0.1, 0.15) is 32.4 Å². The molecule has 2 N–H and O–H groups in total. The zero-order chi connectivity index (χ0) is 18.7. The standard InChI is InChI=1S/C19H30N4O3/c1-19(2,3)21-18(24)20-12-15(23-9-7-22(4)8-10-23)14-5-6-16-17(11-14)26-13-25-16/h5-6,11,15H,7-10,12-13H2,1-4H3,(H2,20,21,24)/t15-/m0/s1. The average molecular weight is 362 g/mol. The Kier molecular flexibility index (Phi) is 5.58. The van der Waals surface area contributed by atoms with Crippen LogP contribution in [0.25, 0.3) is 0 Å². The number of rotatable bonds is 4. The lowest BCUT2D eigenvalue weighted by atomic mass is 10.0. The Balaban J connectivity index is 1.72. The molecule has 144 valence electrons. The third-order valence-corrected chi connectivity index (χ3v) is 4.70. The molecule has 0 radical (unpaired) electrons. The molecule has 7 heteroatoms. The number of urea groups is 1. The highest BCUT2D eigenvalue weighted by Crippen LogP contribution is 2.35. The van der Waals surface area contributed by atoms with E-state index in [1.807, 2.05) is 32.9 Å². The summed E-state index contributed by atoms with van der Waals surface area (Å²) >= 11 is 0. The Morgan fingerprint density at radius 2 is 1.85 bits per heavy atom. The molecular formula is C19H30N4O3. The monoisotopic (exact) mass is 362 g/mol. The van der Waals surface area contributed by atoms with Crippen molar-refractivity contribution in [1.29, 1.82) is 0 Å². The van der Waals surface area contributed by atoms with Gasteiger partial charge < -0.3 is 25.0 Å². The van der Waals surface area contributed by atoms with Crippen molar-refractivity contribution in [2.24, 2.45) is 0 Å². The molecule has 26 heavy (non-hydrogen) atoms. The highest BCUT2D eigenvalue weighted by atomic mass is 16.7. The maximum Gasteiger partial charge on any atom is 0.315 e. The molecule has 2 heterocycles. The normalized spacial score (nSPS) is 19.2. The van der Waals surface area contributed by atoms with Gasteiger partial charge in [-0.15, -0.1) is 0 Å². The summed E-state index contributed by atoms with van der Waals surface area (Å²) in [5.74, 6) is 1.56. The average Bonchev–Trinajstić information content (AvgIpc) is 3.03. The largest absolute Gasteiger partial charge is 0.454 e. The SMILES string of the molecule is CN1CCN([C@@H](CNC(=O)NC(C)(C)C)c2ccc3c(c2)OCO3)CC1. The number of nitrogens with zero attached hydrogens (tertiary/aromatic N) is 2. The number of ether oxygens (including phenoxy) is 2. The second-order valence-electron chi connectivity index (χ2n) is 8.05. The molecule has 1 aromatic rings. The summed E-state index contributed by atoms with van der Waals surface area (Å²) < 4.78 is 11.0. The zero-order valence-corrected chi connectivity index (χ0v) is 16.2. The summed E-state index contributed by atoms with van der Waals surface area (Å²) in [4.78, 5) is 17.0. The molecule has 0 unspecified atom stereocenters. The number of nitrogens with one attached hydrogen (secondary N) is 2. The van der Waals surface area contributed by atoms with Crippen molar-refractivity contribution in [3.8, 4) is 11.5 Å². The highest BCUT2D eigenvalue weighted by Gasteiger charge is 2.26. The van der Waals surface area contributed by atoms with Crippen molar-refractivity contribution >= 4 is 6.03 Å². The van der Waals surface area contributed by atoms with E-state index in [4.69, 9.17) is 9.47 Å². The molecule has 2 amide bonds. The number of fused-ring (bicyclic) bond motifs is 1. The third kappa shape index (κ3) is 4.80. The predicted octanol–water partition coefficient (Wildman–Crippen LogP) is 1.80. The molecule has 7 nitrogen and oxygen atoms in total. The Morgan fingerprint density at radius 1 is 1.15 bits per heavy atom. The zero-order valence-electron chi connectivity index (χ0n) is 16.2. The minimum atomic E-state index is -0.258. The fraction of sp³-hybridized carbons (Fsp3) is 0.632. The van der Waals surface area contributed by atoms with Crippen molar-refractivity contribution < 1.29 is 14.3 Å². The maximum atomic E-state index is 12.2. The van der Waals surface area contributed by atoms with Gasteiger partial charge in [0.05, 0.1) is 6.04 Å². The van der Waals surface area contributed by atoms with Gasteiger partial charge >= 0.3 is 6.03 Å². The van der Waals surface area contributed by atoms with Crippen LogP contribution in [0.2, 0.25) is 0 Å². The van der Waals surface area contributed by atoms with Gasteiger partial charge in [-0.2, -0.15) is 0 Å². The quantitative estimate of drug-likeness (QED) is 0.855. The van der Waals surface area contributed by atoms with Gasteiger partial charge in [-0.3, -0.25) is 4.90 Å². The van der Waals surface area contributed by atoms with E-state index in [-0.39, 0.29) is 24.4 Å². The molecular weight excluding hydrogens is 332 g/mol. The molecule has 2 aliphatic rings. The Morgan fingerprint density at radius 3 is 2.54 bits per heavy atom. The van der Waals surface area contributed by atoms with E-state index in [1.165, 1.54) is 0 Å². The van der Waals surface area contributed by atoms with Crippen LogP contribution in [0.5, 0.6) is 11.5 Å². The summed E-state index contributed by atoms with van der Waals surface area (Å²) in [6.45, 7) is 10.7. The van der Waals surface area contributed by atoms with Crippen LogP contribution >= 0.6 is 0 Å². The van der Waals surface area contributed by atoms with E-state index in [9.17, 15) is 4.79 Å². The van der Waals surface area contributed by atoms with Crippen LogP contribution in [0.4, 0.5) is 4.79 Å². The van der Waals surface area contributed by atoms with Crippen LogP contribution in [0, 0.1) is 0 Å². The second kappa shape index (κ2) is 7.72. The lowest BCUT2D eigenvalue weighted by Gasteiger charge is -2.38. The summed E-state index contributed by atoms with van der Waals surface area (Å²) in [5.41, 5.74) is 0.876. The number of hydrogen-bond acceptors (Lipinski definition) is 5. The molecule has 3 rings (SSSR count). The van der Waals surface area contributed by atoms with Crippen molar-refractivity contribution in [1.82, 2.24) is 20.4 Å². The smallest absolute Gasteiger partial charge is 0.315 e. The van der Waals surface area contributed by atoms with E-state index in [2.05, 4.69) is 33.5 Å². The maximum absolute atomic E-state index is 12.2. The van der Waals surface area contributed by atoms with E-state index in [0.29, 0.717) is 6.54 Å². The van der Waals surface area contributed by atoms with E-state index in [0.717, 1.165) is 43.2 Å². The molecule has 0 aromatic heterocycles. The first-order chi connectivity index (χ1) is 12.3. The van der Waals surface area contributed by atoms with Gasteiger partial charge in [0.15, 0.2) is 11.5 Å². The molecule has 1 aromatic carbocycles. The van der Waals surface area contributed by atoms with Crippen LogP contribution in [0.15, 0.2) is 18.2 Å². The number of amides is 2. The Labute approximate surface area is 155 Å². The molecule has 0 spiro atoms. The first-order valence-corrected chi connectivity index (χ1v) is 9.20. The molecule has 0 aliphatic carbocycles. The van der Waals surface area contributed by atoms with Crippen LogP contribution in [-0.2, 0) is 0 Å². The van der Waals surface area contributed by atoms with Gasteiger partial charge in [-0.05, 0) is 45.5 Å². The topological polar surface area (TPSA) is 66.1 Å². The Bertz CT molecular complexity index is 636. The van der Waals surface area contributed by atoms with Crippen molar-refractivity contribution in [3.05, 3.63) is 23.8 Å². The van der Waals surface area contributed by atoms with E-state index < -0.39 is 0 Å². The molecule has 2 aliphatic heterocycles. The summed E-state index contributed by atoms with van der Waals surface area (Å²) in [7, 11) is 2.14. The Hall–Kier alpha value is -1.99. The van der Waals surface area contributed by atoms with Crippen LogP contribution in [-0.4, -0.2) is 67.9 Å². The van der Waals surface area contributed by atoms with Crippen molar-refractivity contribution in [2.45, 2.75) is 32.4 Å².